The Labute approximate surface area is 190 Å². The van der Waals surface area contributed by atoms with Crippen LogP contribution in [0.25, 0.3) is 0 Å². The monoisotopic (exact) mass is 419 g/mol. The van der Waals surface area contributed by atoms with Gasteiger partial charge in [0.25, 0.3) is 0 Å². The fourth-order valence-corrected chi connectivity index (χ4v) is 5.73. The topological polar surface area (TPSA) is 12.5 Å². The normalized spacial score (nSPS) is 22.7. The van der Waals surface area contributed by atoms with E-state index in [2.05, 4.69) is 82.0 Å². The third-order valence-electron chi connectivity index (χ3n) is 7.55. The second-order valence-electron chi connectivity index (χ2n) is 11.2. The van der Waals surface area contributed by atoms with Crippen LogP contribution >= 0.6 is 0 Å². The average Bonchev–Trinajstić information content (AvgIpc) is 3.58. The minimum atomic E-state index is 0.315. The highest BCUT2D eigenvalue weighted by atomic mass is 16.5. The number of rotatable bonds is 6. The smallest absolute Gasteiger partial charge is 0.122 e. The van der Waals surface area contributed by atoms with E-state index in [9.17, 15) is 0 Å². The van der Waals surface area contributed by atoms with E-state index in [1.54, 1.807) is 5.56 Å². The van der Waals surface area contributed by atoms with Crippen molar-refractivity contribution in [1.82, 2.24) is 4.90 Å². The minimum Gasteiger partial charge on any atom is -0.496 e. The summed E-state index contributed by atoms with van der Waals surface area (Å²) >= 11 is 0. The van der Waals surface area contributed by atoms with Crippen molar-refractivity contribution in [3.8, 4) is 5.75 Å². The van der Waals surface area contributed by atoms with E-state index in [0.29, 0.717) is 23.2 Å². The highest BCUT2D eigenvalue weighted by Gasteiger charge is 2.38. The summed E-state index contributed by atoms with van der Waals surface area (Å²) in [6.45, 7) is 15.3. The number of piperidine rings is 1. The van der Waals surface area contributed by atoms with Gasteiger partial charge in [-0.25, -0.2) is 0 Å². The lowest BCUT2D eigenvalue weighted by atomic mass is 9.66. The van der Waals surface area contributed by atoms with E-state index in [1.807, 2.05) is 7.11 Å². The molecule has 31 heavy (non-hydrogen) atoms. The molecule has 2 aliphatic rings. The van der Waals surface area contributed by atoms with Gasteiger partial charge < -0.3 is 4.74 Å². The van der Waals surface area contributed by atoms with Crippen molar-refractivity contribution >= 4 is 0 Å². The molecule has 1 heterocycles. The van der Waals surface area contributed by atoms with Crippen LogP contribution in [0.5, 0.6) is 5.75 Å². The molecule has 1 saturated carbocycles. The zero-order valence-corrected chi connectivity index (χ0v) is 20.4. The van der Waals surface area contributed by atoms with Gasteiger partial charge in [0.2, 0.25) is 0 Å². The number of benzene rings is 2. The SMILES string of the molecule is COc1cc(CN2CCC(C(C)(C)C)C(c3ccccc3C(C)C)C2)ccc1C1CC1. The molecule has 1 aliphatic heterocycles. The minimum absolute atomic E-state index is 0.315. The Morgan fingerprint density at radius 1 is 1.00 bits per heavy atom. The Morgan fingerprint density at radius 2 is 1.74 bits per heavy atom. The maximum atomic E-state index is 5.75. The first-order valence-corrected chi connectivity index (χ1v) is 12.3. The number of methoxy groups -OCH3 is 1. The Bertz CT molecular complexity index is 890. The predicted molar refractivity (Wildman–Crippen MR) is 131 cm³/mol. The molecule has 0 radical (unpaired) electrons. The summed E-state index contributed by atoms with van der Waals surface area (Å²) in [7, 11) is 1.82. The molecule has 0 aromatic heterocycles. The van der Waals surface area contributed by atoms with Crippen LogP contribution in [0, 0.1) is 11.3 Å². The first-order valence-electron chi connectivity index (χ1n) is 12.3. The lowest BCUT2D eigenvalue weighted by Gasteiger charge is -2.45. The second-order valence-corrected chi connectivity index (χ2v) is 11.2. The van der Waals surface area contributed by atoms with E-state index < -0.39 is 0 Å². The van der Waals surface area contributed by atoms with Gasteiger partial charge in [0, 0.05) is 19.0 Å². The Morgan fingerprint density at radius 3 is 2.39 bits per heavy atom. The van der Waals surface area contributed by atoms with Crippen LogP contribution in [-0.4, -0.2) is 25.1 Å². The van der Waals surface area contributed by atoms with E-state index >= 15 is 0 Å². The Kier molecular flexibility index (Phi) is 6.49. The molecule has 2 unspecified atom stereocenters. The third kappa shape index (κ3) is 5.00. The van der Waals surface area contributed by atoms with E-state index in [1.165, 1.54) is 42.5 Å². The van der Waals surface area contributed by atoms with Crippen molar-refractivity contribution in [2.24, 2.45) is 11.3 Å². The molecule has 2 aromatic carbocycles. The zero-order valence-electron chi connectivity index (χ0n) is 20.4. The Balaban J connectivity index is 1.58. The van der Waals surface area contributed by atoms with Crippen LogP contribution < -0.4 is 4.74 Å². The molecule has 0 spiro atoms. The second kappa shape index (κ2) is 8.98. The molecule has 0 N–H and O–H groups in total. The molecule has 2 nitrogen and oxygen atoms in total. The van der Waals surface area contributed by atoms with Crippen LogP contribution in [0.2, 0.25) is 0 Å². The zero-order chi connectivity index (χ0) is 22.2. The molecule has 0 bridgehead atoms. The number of hydrogen-bond donors (Lipinski definition) is 0. The summed E-state index contributed by atoms with van der Waals surface area (Å²) in [5, 5.41) is 0. The average molecular weight is 420 g/mol. The molecule has 2 atom stereocenters. The standard InChI is InChI=1S/C29H41NO/c1-20(2)23-9-7-8-10-25(23)26-19-30(16-15-27(26)29(3,4)5)18-21-11-14-24(22-12-13-22)28(17-21)31-6/h7-11,14,17,20,22,26-27H,12-13,15-16,18-19H2,1-6H3. The highest BCUT2D eigenvalue weighted by Crippen LogP contribution is 2.46. The van der Waals surface area contributed by atoms with Gasteiger partial charge >= 0.3 is 0 Å². The quantitative estimate of drug-likeness (QED) is 0.485. The van der Waals surface area contributed by atoms with Gasteiger partial charge in [-0.1, -0.05) is 71.0 Å². The van der Waals surface area contributed by atoms with Crippen LogP contribution in [0.1, 0.15) is 93.9 Å². The predicted octanol–water partition coefficient (Wildman–Crippen LogP) is 7.35. The maximum absolute atomic E-state index is 5.75. The molecule has 2 fully saturated rings. The lowest BCUT2D eigenvalue weighted by Crippen LogP contribution is -2.43. The van der Waals surface area contributed by atoms with Crippen molar-refractivity contribution in [1.29, 1.82) is 0 Å². The van der Waals surface area contributed by atoms with Crippen LogP contribution in [-0.2, 0) is 6.54 Å². The summed E-state index contributed by atoms with van der Waals surface area (Å²) in [5.41, 5.74) is 6.20. The molecule has 0 amide bonds. The summed E-state index contributed by atoms with van der Waals surface area (Å²) in [6.07, 6.45) is 3.89. The van der Waals surface area contributed by atoms with Crippen LogP contribution in [0.4, 0.5) is 0 Å². The fraction of sp³-hybridized carbons (Fsp3) is 0.586. The fourth-order valence-electron chi connectivity index (χ4n) is 5.73. The number of hydrogen-bond acceptors (Lipinski definition) is 2. The summed E-state index contributed by atoms with van der Waals surface area (Å²) in [6, 6.07) is 16.1. The van der Waals surface area contributed by atoms with Gasteiger partial charge in [0.05, 0.1) is 7.11 Å². The molecule has 1 saturated heterocycles. The van der Waals surface area contributed by atoms with Crippen LogP contribution in [0.3, 0.4) is 0 Å². The molecule has 4 rings (SSSR count). The van der Waals surface area contributed by atoms with Gasteiger partial charge in [-0.3, -0.25) is 4.90 Å². The van der Waals surface area contributed by atoms with Gasteiger partial charge in [-0.15, -0.1) is 0 Å². The van der Waals surface area contributed by atoms with E-state index in [0.717, 1.165) is 24.8 Å². The molecule has 2 heteroatoms. The molecule has 168 valence electrons. The molecule has 2 aromatic rings. The lowest BCUT2D eigenvalue weighted by molar-refractivity contribution is 0.0827. The molecular formula is C29H41NO. The van der Waals surface area contributed by atoms with Gasteiger partial charge in [-0.05, 0) is 77.3 Å². The van der Waals surface area contributed by atoms with Crippen molar-refractivity contribution in [2.45, 2.75) is 78.2 Å². The van der Waals surface area contributed by atoms with Crippen molar-refractivity contribution in [3.05, 3.63) is 64.7 Å². The van der Waals surface area contributed by atoms with Crippen molar-refractivity contribution < 1.29 is 4.74 Å². The summed E-state index contributed by atoms with van der Waals surface area (Å²) in [4.78, 5) is 2.68. The highest BCUT2D eigenvalue weighted by molar-refractivity contribution is 5.42. The molecular weight excluding hydrogens is 378 g/mol. The third-order valence-corrected chi connectivity index (χ3v) is 7.55. The van der Waals surface area contributed by atoms with E-state index in [-0.39, 0.29) is 0 Å². The van der Waals surface area contributed by atoms with E-state index in [4.69, 9.17) is 4.74 Å². The van der Waals surface area contributed by atoms with Crippen molar-refractivity contribution in [3.63, 3.8) is 0 Å². The number of ether oxygens (including phenoxy) is 1. The molecule has 1 aliphatic carbocycles. The van der Waals surface area contributed by atoms with Gasteiger partial charge in [-0.2, -0.15) is 0 Å². The summed E-state index contributed by atoms with van der Waals surface area (Å²) in [5.74, 6) is 3.66. The first kappa shape index (κ1) is 22.4. The van der Waals surface area contributed by atoms with Crippen LogP contribution in [0.15, 0.2) is 42.5 Å². The largest absolute Gasteiger partial charge is 0.496 e. The number of nitrogens with zero attached hydrogens (tertiary/aromatic N) is 1. The van der Waals surface area contributed by atoms with Crippen molar-refractivity contribution in [2.75, 3.05) is 20.2 Å². The van der Waals surface area contributed by atoms with Gasteiger partial charge in [0.1, 0.15) is 5.75 Å². The maximum Gasteiger partial charge on any atom is 0.122 e. The van der Waals surface area contributed by atoms with Gasteiger partial charge in [0.15, 0.2) is 0 Å². The summed E-state index contributed by atoms with van der Waals surface area (Å²) < 4.78 is 5.75. The Hall–Kier alpha value is -1.80. The first-order chi connectivity index (χ1) is 14.8. The number of likely N-dealkylation sites (tertiary alicyclic amines) is 1.